The van der Waals surface area contributed by atoms with Crippen LogP contribution in [0.15, 0.2) is 24.3 Å². The van der Waals surface area contributed by atoms with Crippen molar-refractivity contribution in [1.29, 1.82) is 0 Å². The van der Waals surface area contributed by atoms with Crippen LogP contribution in [0.2, 0.25) is 0 Å². The van der Waals surface area contributed by atoms with Crippen LogP contribution in [0.4, 0.5) is 5.69 Å². The van der Waals surface area contributed by atoms with E-state index in [1.54, 1.807) is 36.1 Å². The van der Waals surface area contributed by atoms with Crippen LogP contribution in [-0.2, 0) is 9.59 Å². The number of aliphatic carboxylic acids is 1. The molecule has 2 amide bonds. The smallest absolute Gasteiger partial charge is 0.305 e. The average molecular weight is 290 g/mol. The summed E-state index contributed by atoms with van der Waals surface area (Å²) in [7, 11) is 0. The van der Waals surface area contributed by atoms with E-state index in [0.29, 0.717) is 24.2 Å². The maximum atomic E-state index is 12.1. The van der Waals surface area contributed by atoms with E-state index in [0.717, 1.165) is 6.42 Å². The van der Waals surface area contributed by atoms with Gasteiger partial charge in [0.25, 0.3) is 5.91 Å². The van der Waals surface area contributed by atoms with E-state index in [-0.39, 0.29) is 18.2 Å². The molecule has 1 unspecified atom stereocenters. The number of rotatable bonds is 5. The average Bonchev–Trinajstić information content (AvgIpc) is 2.84. The minimum absolute atomic E-state index is 0.0619. The molecular weight excluding hydrogens is 272 g/mol. The van der Waals surface area contributed by atoms with Crippen LogP contribution in [0, 0.1) is 0 Å². The predicted octanol–water partition coefficient (Wildman–Crippen LogP) is 1.41. The summed E-state index contributed by atoms with van der Waals surface area (Å²) in [6.45, 7) is 2.30. The van der Waals surface area contributed by atoms with Gasteiger partial charge in [-0.1, -0.05) is 6.07 Å². The molecule has 1 saturated heterocycles. The Balaban J connectivity index is 2.08. The Labute approximate surface area is 122 Å². The fraction of sp³-hybridized carbons (Fsp3) is 0.400. The Bertz CT molecular complexity index is 571. The number of carboxylic acids is 1. The molecule has 1 aromatic carbocycles. The number of hydrogen-bond donors (Lipinski definition) is 2. The van der Waals surface area contributed by atoms with E-state index in [9.17, 15) is 14.4 Å². The molecule has 2 N–H and O–H groups in total. The lowest BCUT2D eigenvalue weighted by atomic mass is 10.1. The minimum Gasteiger partial charge on any atom is -0.481 e. The zero-order chi connectivity index (χ0) is 15.4. The number of benzene rings is 1. The second kappa shape index (κ2) is 6.39. The maximum absolute atomic E-state index is 12.1. The molecule has 0 saturated carbocycles. The second-order valence-electron chi connectivity index (χ2n) is 5.17. The van der Waals surface area contributed by atoms with Crippen LogP contribution in [-0.4, -0.2) is 35.5 Å². The summed E-state index contributed by atoms with van der Waals surface area (Å²) in [6, 6.07) is 6.36. The summed E-state index contributed by atoms with van der Waals surface area (Å²) in [6.07, 6.45) is 1.23. The molecule has 1 aliphatic heterocycles. The molecule has 1 heterocycles. The van der Waals surface area contributed by atoms with Crippen molar-refractivity contribution >= 4 is 23.5 Å². The first-order valence-electron chi connectivity index (χ1n) is 6.90. The molecule has 6 nitrogen and oxygen atoms in total. The molecule has 6 heteroatoms. The van der Waals surface area contributed by atoms with Gasteiger partial charge in [0, 0.05) is 30.3 Å². The Kier molecular flexibility index (Phi) is 4.57. The fourth-order valence-electron chi connectivity index (χ4n) is 2.36. The van der Waals surface area contributed by atoms with Gasteiger partial charge in [-0.15, -0.1) is 0 Å². The summed E-state index contributed by atoms with van der Waals surface area (Å²) < 4.78 is 0. The van der Waals surface area contributed by atoms with Crippen molar-refractivity contribution in [2.24, 2.45) is 0 Å². The second-order valence-corrected chi connectivity index (χ2v) is 5.17. The molecule has 1 atom stereocenters. The topological polar surface area (TPSA) is 86.7 Å². The summed E-state index contributed by atoms with van der Waals surface area (Å²) in [4.78, 5) is 36.1. The van der Waals surface area contributed by atoms with Crippen molar-refractivity contribution < 1.29 is 19.5 Å². The molecule has 0 aromatic heterocycles. The molecule has 0 spiro atoms. The zero-order valence-electron chi connectivity index (χ0n) is 11.8. The van der Waals surface area contributed by atoms with Crippen LogP contribution >= 0.6 is 0 Å². The number of carbonyl (C=O) groups is 3. The van der Waals surface area contributed by atoms with E-state index in [2.05, 4.69) is 5.32 Å². The number of carboxylic acid groups (broad SMARTS) is 1. The van der Waals surface area contributed by atoms with E-state index in [1.165, 1.54) is 0 Å². The Morgan fingerprint density at radius 3 is 2.81 bits per heavy atom. The highest BCUT2D eigenvalue weighted by atomic mass is 16.4. The monoisotopic (exact) mass is 290 g/mol. The fourth-order valence-corrected chi connectivity index (χ4v) is 2.36. The zero-order valence-corrected chi connectivity index (χ0v) is 11.8. The van der Waals surface area contributed by atoms with E-state index in [4.69, 9.17) is 5.11 Å². The lowest BCUT2D eigenvalue weighted by Gasteiger charge is -2.17. The van der Waals surface area contributed by atoms with Crippen LogP contribution in [0.1, 0.15) is 36.5 Å². The van der Waals surface area contributed by atoms with Crippen LogP contribution in [0.3, 0.4) is 0 Å². The first kappa shape index (κ1) is 15.0. The van der Waals surface area contributed by atoms with Gasteiger partial charge < -0.3 is 15.3 Å². The van der Waals surface area contributed by atoms with Crippen molar-refractivity contribution in [3.05, 3.63) is 29.8 Å². The Morgan fingerprint density at radius 1 is 1.43 bits per heavy atom. The Hall–Kier alpha value is -2.37. The number of hydrogen-bond acceptors (Lipinski definition) is 3. The normalized spacial score (nSPS) is 15.9. The number of nitrogens with zero attached hydrogens (tertiary/aromatic N) is 1. The lowest BCUT2D eigenvalue weighted by Crippen LogP contribution is -2.34. The highest BCUT2D eigenvalue weighted by molar-refractivity contribution is 5.99. The molecule has 0 bridgehead atoms. The van der Waals surface area contributed by atoms with Crippen LogP contribution in [0.25, 0.3) is 0 Å². The quantitative estimate of drug-likeness (QED) is 0.858. The highest BCUT2D eigenvalue weighted by Gasteiger charge is 2.22. The van der Waals surface area contributed by atoms with Crippen molar-refractivity contribution in [3.8, 4) is 0 Å². The standard InChI is InChI=1S/C15H18N2O4/c1-10(8-14(19)20)16-15(21)11-4-2-5-12(9-11)17-7-3-6-13(17)18/h2,4-5,9-10H,3,6-8H2,1H3,(H,16,21)(H,19,20). The minimum atomic E-state index is -0.959. The largest absolute Gasteiger partial charge is 0.481 e. The van der Waals surface area contributed by atoms with Gasteiger partial charge in [0.05, 0.1) is 6.42 Å². The van der Waals surface area contributed by atoms with Gasteiger partial charge in [0.15, 0.2) is 0 Å². The van der Waals surface area contributed by atoms with E-state index < -0.39 is 12.0 Å². The molecule has 2 rings (SSSR count). The van der Waals surface area contributed by atoms with Gasteiger partial charge in [-0.2, -0.15) is 0 Å². The van der Waals surface area contributed by atoms with Gasteiger partial charge in [0.1, 0.15) is 0 Å². The molecule has 0 aliphatic carbocycles. The van der Waals surface area contributed by atoms with Crippen LogP contribution < -0.4 is 10.2 Å². The van der Waals surface area contributed by atoms with Crippen LogP contribution in [0.5, 0.6) is 0 Å². The third kappa shape index (κ3) is 3.81. The SMILES string of the molecule is CC(CC(=O)O)NC(=O)c1cccc(N2CCCC2=O)c1. The molecular formula is C15H18N2O4. The maximum Gasteiger partial charge on any atom is 0.305 e. The van der Waals surface area contributed by atoms with Gasteiger partial charge in [-0.25, -0.2) is 0 Å². The van der Waals surface area contributed by atoms with Crippen molar-refractivity contribution in [2.75, 3.05) is 11.4 Å². The van der Waals surface area contributed by atoms with Crippen molar-refractivity contribution in [1.82, 2.24) is 5.32 Å². The third-order valence-electron chi connectivity index (χ3n) is 3.35. The molecule has 0 radical (unpaired) electrons. The summed E-state index contributed by atoms with van der Waals surface area (Å²) in [5.74, 6) is -1.23. The number of amides is 2. The van der Waals surface area contributed by atoms with Crippen molar-refractivity contribution in [3.63, 3.8) is 0 Å². The van der Waals surface area contributed by atoms with Gasteiger partial charge in [0.2, 0.25) is 5.91 Å². The van der Waals surface area contributed by atoms with E-state index in [1.807, 2.05) is 0 Å². The highest BCUT2D eigenvalue weighted by Crippen LogP contribution is 2.22. The third-order valence-corrected chi connectivity index (χ3v) is 3.35. The first-order chi connectivity index (χ1) is 9.97. The van der Waals surface area contributed by atoms with Gasteiger partial charge in [-0.3, -0.25) is 14.4 Å². The number of anilines is 1. The Morgan fingerprint density at radius 2 is 2.19 bits per heavy atom. The van der Waals surface area contributed by atoms with Crippen molar-refractivity contribution in [2.45, 2.75) is 32.2 Å². The number of carbonyl (C=O) groups excluding carboxylic acids is 2. The van der Waals surface area contributed by atoms with Gasteiger partial charge >= 0.3 is 5.97 Å². The number of nitrogens with one attached hydrogen (secondary N) is 1. The lowest BCUT2D eigenvalue weighted by molar-refractivity contribution is -0.137. The summed E-state index contributed by atoms with van der Waals surface area (Å²) in [5, 5.41) is 11.3. The molecule has 1 aromatic rings. The summed E-state index contributed by atoms with van der Waals surface area (Å²) >= 11 is 0. The van der Waals surface area contributed by atoms with E-state index >= 15 is 0 Å². The molecule has 1 aliphatic rings. The first-order valence-corrected chi connectivity index (χ1v) is 6.90. The molecule has 112 valence electrons. The van der Waals surface area contributed by atoms with Gasteiger partial charge in [-0.05, 0) is 31.5 Å². The summed E-state index contributed by atoms with van der Waals surface area (Å²) in [5.41, 5.74) is 1.13. The molecule has 1 fully saturated rings. The predicted molar refractivity (Wildman–Crippen MR) is 77.2 cm³/mol. The molecule has 21 heavy (non-hydrogen) atoms.